The molecule has 0 atom stereocenters. The highest BCUT2D eigenvalue weighted by Gasteiger charge is 2.20. The zero-order chi connectivity index (χ0) is 10.4. The van der Waals surface area contributed by atoms with Crippen molar-refractivity contribution in [1.29, 1.82) is 0 Å². The predicted octanol–water partition coefficient (Wildman–Crippen LogP) is 1.02. The Morgan fingerprint density at radius 1 is 1.64 bits per heavy atom. The van der Waals surface area contributed by atoms with E-state index < -0.39 is 0 Å². The maximum absolute atomic E-state index is 11.5. The zero-order valence-electron chi connectivity index (χ0n) is 8.96. The van der Waals surface area contributed by atoms with Gasteiger partial charge in [0.1, 0.15) is 0 Å². The molecule has 14 heavy (non-hydrogen) atoms. The lowest BCUT2D eigenvalue weighted by atomic mass is 9.85. The van der Waals surface area contributed by atoms with Crippen molar-refractivity contribution in [3.63, 3.8) is 0 Å². The van der Waals surface area contributed by atoms with Gasteiger partial charge in [0.2, 0.25) is 5.91 Å². The molecule has 1 aliphatic carbocycles. The van der Waals surface area contributed by atoms with Gasteiger partial charge in [0.15, 0.2) is 0 Å². The average Bonchev–Trinajstić information content (AvgIpc) is 2.11. The minimum atomic E-state index is 0.179. The Bertz CT molecular complexity index is 199. The van der Waals surface area contributed by atoms with Crippen molar-refractivity contribution in [2.45, 2.75) is 19.3 Å². The molecule has 1 aliphatic rings. The first-order chi connectivity index (χ1) is 6.74. The third kappa shape index (κ3) is 3.50. The van der Waals surface area contributed by atoms with Crippen LogP contribution >= 0.6 is 0 Å². The molecule has 0 spiro atoms. The molecule has 1 N–H and O–H groups in total. The lowest BCUT2D eigenvalue weighted by Gasteiger charge is -2.30. The van der Waals surface area contributed by atoms with E-state index in [9.17, 15) is 4.79 Å². The largest absolute Gasteiger partial charge is 0.344 e. The Labute approximate surface area is 86.2 Å². The van der Waals surface area contributed by atoms with Gasteiger partial charge in [0, 0.05) is 20.1 Å². The molecule has 0 heterocycles. The summed E-state index contributed by atoms with van der Waals surface area (Å²) in [5, 5.41) is 3.02. The maximum atomic E-state index is 11.5. The number of carbonyl (C=O) groups excluding carboxylic acids is 1. The molecule has 0 aliphatic heterocycles. The highest BCUT2D eigenvalue weighted by molar-refractivity contribution is 5.77. The van der Waals surface area contributed by atoms with Crippen LogP contribution in [0.3, 0.4) is 0 Å². The molecule has 1 fully saturated rings. The van der Waals surface area contributed by atoms with Crippen LogP contribution in [0.4, 0.5) is 0 Å². The van der Waals surface area contributed by atoms with Crippen LogP contribution in [-0.2, 0) is 4.79 Å². The van der Waals surface area contributed by atoms with Gasteiger partial charge in [-0.05, 0) is 18.8 Å². The topological polar surface area (TPSA) is 32.3 Å². The van der Waals surface area contributed by atoms with Gasteiger partial charge in [-0.1, -0.05) is 12.5 Å². The third-order valence-electron chi connectivity index (χ3n) is 2.75. The molecule has 1 saturated carbocycles. The first-order valence-corrected chi connectivity index (χ1v) is 5.29. The summed E-state index contributed by atoms with van der Waals surface area (Å²) < 4.78 is 0. The van der Waals surface area contributed by atoms with E-state index >= 15 is 0 Å². The molecule has 0 aromatic heterocycles. The number of carbonyl (C=O) groups is 1. The number of hydrogen-bond donors (Lipinski definition) is 1. The summed E-state index contributed by atoms with van der Waals surface area (Å²) in [4.78, 5) is 13.4. The molecular weight excluding hydrogens is 176 g/mol. The van der Waals surface area contributed by atoms with E-state index in [-0.39, 0.29) is 5.91 Å². The summed E-state index contributed by atoms with van der Waals surface area (Å²) in [7, 11) is 1.89. The quantitative estimate of drug-likeness (QED) is 0.508. The highest BCUT2D eigenvalue weighted by atomic mass is 16.2. The molecule has 0 radical (unpaired) electrons. The molecule has 0 aromatic carbocycles. The summed E-state index contributed by atoms with van der Waals surface area (Å²) in [5.41, 5.74) is 0. The fourth-order valence-electron chi connectivity index (χ4n) is 1.58. The van der Waals surface area contributed by atoms with Crippen LogP contribution in [0.2, 0.25) is 0 Å². The molecule has 3 nitrogen and oxygen atoms in total. The van der Waals surface area contributed by atoms with Crippen LogP contribution in [-0.4, -0.2) is 37.5 Å². The van der Waals surface area contributed by atoms with Crippen molar-refractivity contribution in [2.24, 2.45) is 5.92 Å². The number of nitrogens with zero attached hydrogens (tertiary/aromatic N) is 1. The average molecular weight is 196 g/mol. The minimum Gasteiger partial charge on any atom is -0.344 e. The van der Waals surface area contributed by atoms with E-state index in [0.29, 0.717) is 13.1 Å². The van der Waals surface area contributed by atoms with Gasteiger partial charge in [-0.3, -0.25) is 4.79 Å². The summed E-state index contributed by atoms with van der Waals surface area (Å²) >= 11 is 0. The summed E-state index contributed by atoms with van der Waals surface area (Å²) in [6.07, 6.45) is 5.68. The van der Waals surface area contributed by atoms with Gasteiger partial charge >= 0.3 is 0 Å². The van der Waals surface area contributed by atoms with E-state index in [2.05, 4.69) is 11.9 Å². The summed E-state index contributed by atoms with van der Waals surface area (Å²) in [5.74, 6) is 0.933. The predicted molar refractivity (Wildman–Crippen MR) is 58.0 cm³/mol. The molecule has 3 heteroatoms. The second-order valence-electron chi connectivity index (χ2n) is 3.99. The fraction of sp³-hybridized carbons (Fsp3) is 0.727. The lowest BCUT2D eigenvalue weighted by molar-refractivity contribution is -0.129. The Hall–Kier alpha value is -0.830. The number of amides is 1. The van der Waals surface area contributed by atoms with Crippen molar-refractivity contribution in [3.8, 4) is 0 Å². The van der Waals surface area contributed by atoms with Crippen LogP contribution < -0.4 is 5.32 Å². The number of nitrogens with one attached hydrogen (secondary N) is 1. The van der Waals surface area contributed by atoms with Crippen LogP contribution in [0, 0.1) is 5.92 Å². The Balaban J connectivity index is 2.11. The second kappa shape index (κ2) is 5.81. The second-order valence-corrected chi connectivity index (χ2v) is 3.99. The monoisotopic (exact) mass is 196 g/mol. The number of likely N-dealkylation sites (N-methyl/N-ethyl adjacent to an activating group) is 1. The molecule has 0 saturated heterocycles. The third-order valence-corrected chi connectivity index (χ3v) is 2.75. The molecule has 0 aromatic rings. The summed E-state index contributed by atoms with van der Waals surface area (Å²) in [6, 6.07) is 0. The molecule has 1 rings (SSSR count). The lowest BCUT2D eigenvalue weighted by Crippen LogP contribution is -2.39. The van der Waals surface area contributed by atoms with Crippen LogP contribution in [0.15, 0.2) is 12.7 Å². The van der Waals surface area contributed by atoms with Gasteiger partial charge in [0.05, 0.1) is 6.54 Å². The van der Waals surface area contributed by atoms with Gasteiger partial charge in [-0.15, -0.1) is 6.58 Å². The number of rotatable bonds is 6. The smallest absolute Gasteiger partial charge is 0.236 e. The maximum Gasteiger partial charge on any atom is 0.236 e. The zero-order valence-corrected chi connectivity index (χ0v) is 8.96. The van der Waals surface area contributed by atoms with Crippen molar-refractivity contribution >= 4 is 5.91 Å². The Morgan fingerprint density at radius 2 is 2.36 bits per heavy atom. The molecule has 1 amide bonds. The van der Waals surface area contributed by atoms with Crippen molar-refractivity contribution < 1.29 is 4.79 Å². The molecule has 0 bridgehead atoms. The molecular formula is C11H20N2O. The highest BCUT2D eigenvalue weighted by Crippen LogP contribution is 2.26. The summed E-state index contributed by atoms with van der Waals surface area (Å²) in [6.45, 7) is 5.63. The van der Waals surface area contributed by atoms with Gasteiger partial charge in [0.25, 0.3) is 0 Å². The SMILES string of the molecule is C=CCNCC(=O)N(C)CC1CCC1. The Morgan fingerprint density at radius 3 is 2.86 bits per heavy atom. The van der Waals surface area contributed by atoms with Crippen LogP contribution in [0.25, 0.3) is 0 Å². The van der Waals surface area contributed by atoms with Gasteiger partial charge in [-0.2, -0.15) is 0 Å². The first-order valence-electron chi connectivity index (χ1n) is 5.29. The van der Waals surface area contributed by atoms with Gasteiger partial charge < -0.3 is 10.2 Å². The van der Waals surface area contributed by atoms with Crippen molar-refractivity contribution in [1.82, 2.24) is 10.2 Å². The van der Waals surface area contributed by atoms with Crippen molar-refractivity contribution in [2.75, 3.05) is 26.7 Å². The van der Waals surface area contributed by atoms with E-state index in [4.69, 9.17) is 0 Å². The fourth-order valence-corrected chi connectivity index (χ4v) is 1.58. The minimum absolute atomic E-state index is 0.179. The van der Waals surface area contributed by atoms with Crippen LogP contribution in [0.5, 0.6) is 0 Å². The van der Waals surface area contributed by atoms with E-state index in [1.807, 2.05) is 11.9 Å². The number of hydrogen-bond acceptors (Lipinski definition) is 2. The van der Waals surface area contributed by atoms with E-state index in [1.54, 1.807) is 6.08 Å². The van der Waals surface area contributed by atoms with Crippen LogP contribution in [0.1, 0.15) is 19.3 Å². The molecule has 0 unspecified atom stereocenters. The normalized spacial score (nSPS) is 16.1. The van der Waals surface area contributed by atoms with Gasteiger partial charge in [-0.25, -0.2) is 0 Å². The standard InChI is InChI=1S/C11H20N2O/c1-3-7-12-8-11(14)13(2)9-10-5-4-6-10/h3,10,12H,1,4-9H2,2H3. The van der Waals surface area contributed by atoms with E-state index in [0.717, 1.165) is 12.5 Å². The van der Waals surface area contributed by atoms with Crippen molar-refractivity contribution in [3.05, 3.63) is 12.7 Å². The Kier molecular flexibility index (Phi) is 4.66. The first kappa shape index (κ1) is 11.2. The molecule has 80 valence electrons. The van der Waals surface area contributed by atoms with E-state index in [1.165, 1.54) is 19.3 Å².